The van der Waals surface area contributed by atoms with Gasteiger partial charge in [0.05, 0.1) is 21.5 Å². The summed E-state index contributed by atoms with van der Waals surface area (Å²) in [5.41, 5.74) is 0.667. The predicted molar refractivity (Wildman–Crippen MR) is 143 cm³/mol. The molecule has 1 heterocycles. The highest BCUT2D eigenvalue weighted by Crippen LogP contribution is 2.54. The Morgan fingerprint density at radius 2 is 1.92 bits per heavy atom. The van der Waals surface area contributed by atoms with E-state index in [2.05, 4.69) is 25.2 Å². The number of anilines is 1. The molecule has 2 atom stereocenters. The highest BCUT2D eigenvalue weighted by molar-refractivity contribution is 6.09. The van der Waals surface area contributed by atoms with Crippen LogP contribution in [0.1, 0.15) is 87.2 Å². The number of carbonyl (C=O) groups excluding carboxylic acids is 1. The second-order valence-corrected chi connectivity index (χ2v) is 10.7. The average Bonchev–Trinajstić information content (AvgIpc) is 2.83. The largest absolute Gasteiger partial charge is 0.507 e. The van der Waals surface area contributed by atoms with E-state index in [9.17, 15) is 30.1 Å². The third-order valence-corrected chi connectivity index (χ3v) is 7.64. The maximum atomic E-state index is 13.6. The van der Waals surface area contributed by atoms with Crippen LogP contribution < -0.4 is 10.1 Å². The summed E-state index contributed by atoms with van der Waals surface area (Å²) in [6.45, 7) is 8.21. The summed E-state index contributed by atoms with van der Waals surface area (Å²) in [6.07, 6.45) is 7.12. The van der Waals surface area contributed by atoms with Crippen LogP contribution in [0.4, 0.5) is 17.1 Å². The van der Waals surface area contributed by atoms with E-state index in [1.807, 2.05) is 19.9 Å². The number of aryl methyl sites for hydroxylation is 1. The summed E-state index contributed by atoms with van der Waals surface area (Å²) in [4.78, 5) is 34.8. The number of nitrogens with one attached hydrogen (secondary N) is 1. The molecule has 10 nitrogen and oxygen atoms in total. The standard InChI is InChI=1S/C28H33N3O7/c1-5-6-7-8-17-14-23-25(19-13-16(2)9-11-20(19)28(3,4)38-23)26(32)24(17)27(33)29-21-12-10-18(30(34)35)15-22(21)31(36)37/h10,12-15,19-20,32H,5-9,11H2,1-4H3,(H,29,33). The fraction of sp³-hybridized carbons (Fsp3) is 0.464. The Morgan fingerprint density at radius 1 is 1.18 bits per heavy atom. The van der Waals surface area contributed by atoms with Crippen LogP contribution in [0, 0.1) is 26.1 Å². The van der Waals surface area contributed by atoms with Crippen LogP contribution in [0.3, 0.4) is 0 Å². The molecular weight excluding hydrogens is 490 g/mol. The Morgan fingerprint density at radius 3 is 2.58 bits per heavy atom. The van der Waals surface area contributed by atoms with Gasteiger partial charge in [0.25, 0.3) is 17.3 Å². The Labute approximate surface area is 221 Å². The van der Waals surface area contributed by atoms with Crippen molar-refractivity contribution in [1.82, 2.24) is 0 Å². The number of phenolic OH excluding ortho intramolecular Hbond substituents is 1. The SMILES string of the molecule is CCCCCc1cc2c(c(O)c1C(=O)Nc1ccc([N+](=O)[O-])cc1[N+](=O)[O-])C1C=C(C)CCC1C(C)(C)O2. The number of aromatic hydroxyl groups is 1. The number of amides is 1. The number of rotatable bonds is 8. The fourth-order valence-corrected chi connectivity index (χ4v) is 5.70. The molecular formula is C28H33N3O7. The van der Waals surface area contributed by atoms with Crippen LogP contribution in [0.5, 0.6) is 11.5 Å². The predicted octanol–water partition coefficient (Wildman–Crippen LogP) is 6.80. The molecule has 2 N–H and O–H groups in total. The second kappa shape index (κ2) is 10.4. The van der Waals surface area contributed by atoms with Crippen LogP contribution in [0.15, 0.2) is 35.9 Å². The van der Waals surface area contributed by atoms with E-state index in [4.69, 9.17) is 4.74 Å². The van der Waals surface area contributed by atoms with Gasteiger partial charge >= 0.3 is 0 Å². The van der Waals surface area contributed by atoms with Gasteiger partial charge in [0.1, 0.15) is 22.8 Å². The van der Waals surface area contributed by atoms with Gasteiger partial charge < -0.3 is 15.2 Å². The lowest BCUT2D eigenvalue weighted by atomic mass is 9.67. The lowest BCUT2D eigenvalue weighted by Crippen LogP contribution is -2.45. The zero-order chi connectivity index (χ0) is 27.8. The molecule has 0 spiro atoms. The van der Waals surface area contributed by atoms with Gasteiger partial charge in [-0.1, -0.05) is 31.4 Å². The van der Waals surface area contributed by atoms with Crippen molar-refractivity contribution >= 4 is 23.0 Å². The molecule has 38 heavy (non-hydrogen) atoms. The number of ether oxygens (including phenoxy) is 1. The van der Waals surface area contributed by atoms with Crippen molar-refractivity contribution in [2.75, 3.05) is 5.32 Å². The van der Waals surface area contributed by atoms with E-state index in [0.29, 0.717) is 23.3 Å². The van der Waals surface area contributed by atoms with Gasteiger partial charge in [0.2, 0.25) is 0 Å². The van der Waals surface area contributed by atoms with E-state index < -0.39 is 32.7 Å². The van der Waals surface area contributed by atoms with Gasteiger partial charge in [-0.3, -0.25) is 25.0 Å². The number of nitro groups is 2. The lowest BCUT2D eigenvalue weighted by molar-refractivity contribution is -0.393. The van der Waals surface area contributed by atoms with Crippen LogP contribution in [-0.2, 0) is 6.42 Å². The zero-order valence-corrected chi connectivity index (χ0v) is 22.1. The average molecular weight is 524 g/mol. The second-order valence-electron chi connectivity index (χ2n) is 10.7. The van der Waals surface area contributed by atoms with Crippen molar-refractivity contribution in [1.29, 1.82) is 0 Å². The summed E-state index contributed by atoms with van der Waals surface area (Å²) in [6, 6.07) is 4.85. The molecule has 202 valence electrons. The number of carbonyl (C=O) groups is 1. The minimum Gasteiger partial charge on any atom is -0.507 e. The van der Waals surface area contributed by atoms with Gasteiger partial charge in [0, 0.05) is 23.5 Å². The minimum absolute atomic E-state index is 0.0474. The van der Waals surface area contributed by atoms with Crippen molar-refractivity contribution in [2.45, 2.75) is 77.7 Å². The molecule has 0 aromatic heterocycles. The summed E-state index contributed by atoms with van der Waals surface area (Å²) in [5.74, 6) is -0.405. The number of non-ortho nitro benzene ring substituents is 1. The third kappa shape index (κ3) is 5.07. The van der Waals surface area contributed by atoms with Crippen LogP contribution in [0.25, 0.3) is 0 Å². The maximum absolute atomic E-state index is 13.6. The Kier molecular flexibility index (Phi) is 7.44. The molecule has 1 aliphatic carbocycles. The van der Waals surface area contributed by atoms with Crippen LogP contribution in [-0.4, -0.2) is 26.5 Å². The highest BCUT2D eigenvalue weighted by atomic mass is 16.6. The van der Waals surface area contributed by atoms with Crippen molar-refractivity contribution in [3.05, 3.63) is 72.8 Å². The van der Waals surface area contributed by atoms with Gasteiger partial charge in [-0.2, -0.15) is 0 Å². The summed E-state index contributed by atoms with van der Waals surface area (Å²) in [5, 5.41) is 36.9. The number of hydrogen-bond donors (Lipinski definition) is 2. The quantitative estimate of drug-likeness (QED) is 0.167. The molecule has 0 bridgehead atoms. The smallest absolute Gasteiger partial charge is 0.299 e. The van der Waals surface area contributed by atoms with E-state index in [1.54, 1.807) is 0 Å². The van der Waals surface area contributed by atoms with Gasteiger partial charge in [0.15, 0.2) is 0 Å². The van der Waals surface area contributed by atoms with Gasteiger partial charge in [-0.15, -0.1) is 0 Å². The first-order valence-corrected chi connectivity index (χ1v) is 12.9. The molecule has 0 fully saturated rings. The number of benzene rings is 2. The van der Waals surface area contributed by atoms with E-state index >= 15 is 0 Å². The summed E-state index contributed by atoms with van der Waals surface area (Å²) >= 11 is 0. The highest BCUT2D eigenvalue weighted by Gasteiger charge is 2.46. The molecule has 2 unspecified atom stereocenters. The summed E-state index contributed by atoms with van der Waals surface area (Å²) in [7, 11) is 0. The minimum atomic E-state index is -0.784. The van der Waals surface area contributed by atoms with Crippen molar-refractivity contribution in [3.8, 4) is 11.5 Å². The number of nitrogens with zero attached hydrogens (tertiary/aromatic N) is 2. The Bertz CT molecular complexity index is 1330. The molecule has 10 heteroatoms. The number of fused-ring (bicyclic) bond motifs is 3. The topological polar surface area (TPSA) is 145 Å². The molecule has 1 amide bonds. The number of nitro benzene ring substituents is 2. The van der Waals surface area contributed by atoms with Crippen LogP contribution in [0.2, 0.25) is 0 Å². The number of phenols is 1. The molecule has 1 aliphatic heterocycles. The van der Waals surface area contributed by atoms with Gasteiger partial charge in [-0.05, 0) is 64.2 Å². The Hall–Kier alpha value is -3.95. The molecule has 2 aromatic rings. The summed E-state index contributed by atoms with van der Waals surface area (Å²) < 4.78 is 6.42. The Balaban J connectivity index is 1.83. The van der Waals surface area contributed by atoms with E-state index in [1.165, 1.54) is 5.57 Å². The molecule has 2 aliphatic rings. The lowest BCUT2D eigenvalue weighted by Gasteiger charge is -2.46. The fourth-order valence-electron chi connectivity index (χ4n) is 5.70. The molecule has 0 saturated heterocycles. The third-order valence-electron chi connectivity index (χ3n) is 7.64. The maximum Gasteiger partial charge on any atom is 0.299 e. The first kappa shape index (κ1) is 27.1. The van der Waals surface area contributed by atoms with E-state index in [0.717, 1.165) is 50.3 Å². The number of unbranched alkanes of at least 4 members (excludes halogenated alkanes) is 2. The normalized spacial score (nSPS) is 19.4. The molecule has 0 radical (unpaired) electrons. The molecule has 0 saturated carbocycles. The first-order chi connectivity index (χ1) is 17.9. The molecule has 2 aromatic carbocycles. The van der Waals surface area contributed by atoms with E-state index in [-0.39, 0.29) is 28.8 Å². The number of hydrogen-bond acceptors (Lipinski definition) is 7. The van der Waals surface area contributed by atoms with Gasteiger partial charge in [-0.25, -0.2) is 0 Å². The first-order valence-electron chi connectivity index (χ1n) is 12.9. The molecule has 4 rings (SSSR count). The zero-order valence-electron chi connectivity index (χ0n) is 22.1. The van der Waals surface area contributed by atoms with Crippen LogP contribution >= 0.6 is 0 Å². The van der Waals surface area contributed by atoms with Crippen molar-refractivity contribution < 1.29 is 24.5 Å². The van der Waals surface area contributed by atoms with Crippen molar-refractivity contribution in [3.63, 3.8) is 0 Å². The number of allylic oxidation sites excluding steroid dienone is 2. The monoisotopic (exact) mass is 523 g/mol. The van der Waals surface area contributed by atoms with Crippen molar-refractivity contribution in [2.24, 2.45) is 5.92 Å².